The second-order valence-corrected chi connectivity index (χ2v) is 5.02. The van der Waals surface area contributed by atoms with Crippen molar-refractivity contribution in [3.05, 3.63) is 0 Å². The van der Waals surface area contributed by atoms with Crippen molar-refractivity contribution in [3.8, 4) is 0 Å². The highest BCUT2D eigenvalue weighted by Crippen LogP contribution is 2.11. The Kier molecular flexibility index (Phi) is 13.5. The van der Waals surface area contributed by atoms with E-state index >= 15 is 0 Å². The average Bonchev–Trinajstić information content (AvgIpc) is 2.42. The number of rotatable bonds is 14. The molecule has 0 atom stereocenters. The first kappa shape index (κ1) is 18.9. The summed E-state index contributed by atoms with van der Waals surface area (Å²) in [6.07, 6.45) is 10.2. The van der Waals surface area contributed by atoms with Gasteiger partial charge in [0.1, 0.15) is 6.61 Å². The summed E-state index contributed by atoms with van der Waals surface area (Å²) in [6.45, 7) is -0.0150. The number of carboxylic acids is 1. The van der Waals surface area contributed by atoms with Crippen LogP contribution in [0.5, 0.6) is 0 Å². The fourth-order valence-electron chi connectivity index (χ4n) is 2.01. The molecule has 5 heteroatoms. The number of aliphatic hydroxyl groups excluding tert-OH is 1. The van der Waals surface area contributed by atoms with E-state index in [1.165, 1.54) is 12.8 Å². The van der Waals surface area contributed by atoms with Crippen LogP contribution in [0.15, 0.2) is 0 Å². The van der Waals surface area contributed by atoms with Crippen LogP contribution < -0.4 is 0 Å². The number of unbranched alkanes of at least 4 members (excludes halogenated alkanes) is 8. The van der Waals surface area contributed by atoms with E-state index in [2.05, 4.69) is 0 Å². The number of ether oxygens (including phenoxy) is 1. The van der Waals surface area contributed by atoms with Gasteiger partial charge in [0.15, 0.2) is 0 Å². The van der Waals surface area contributed by atoms with Gasteiger partial charge < -0.3 is 14.9 Å². The smallest absolute Gasteiger partial charge is 0.305 e. The van der Waals surface area contributed by atoms with Crippen molar-refractivity contribution in [1.29, 1.82) is 0 Å². The molecule has 0 aliphatic rings. The number of carboxylic acid groups (broad SMARTS) is 1. The molecular weight excluding hydrogens is 260 g/mol. The van der Waals surface area contributed by atoms with Gasteiger partial charge in [0.25, 0.3) is 0 Å². The number of aliphatic carboxylic acids is 1. The van der Waals surface area contributed by atoms with Crippen molar-refractivity contribution in [2.45, 2.75) is 70.6 Å². The summed E-state index contributed by atoms with van der Waals surface area (Å²) >= 11 is 0. The van der Waals surface area contributed by atoms with Crippen LogP contribution in [0.1, 0.15) is 70.6 Å². The van der Waals surface area contributed by atoms with E-state index in [1.807, 2.05) is 0 Å². The van der Waals surface area contributed by atoms with E-state index in [4.69, 9.17) is 14.9 Å². The zero-order valence-electron chi connectivity index (χ0n) is 12.3. The molecule has 2 N–H and O–H groups in total. The molecule has 5 nitrogen and oxygen atoms in total. The summed E-state index contributed by atoms with van der Waals surface area (Å²) < 4.78 is 4.76. The molecule has 0 aromatic heterocycles. The standard InChI is InChI=1S/C15H28O5/c16-12-13-20-15(19)11-9-7-5-3-1-2-4-6-8-10-14(17)18/h16H,1-13H2,(H,17,18). The van der Waals surface area contributed by atoms with Gasteiger partial charge in [0.05, 0.1) is 6.61 Å². The lowest BCUT2D eigenvalue weighted by molar-refractivity contribution is -0.144. The van der Waals surface area contributed by atoms with Crippen molar-refractivity contribution >= 4 is 11.9 Å². The van der Waals surface area contributed by atoms with Gasteiger partial charge >= 0.3 is 11.9 Å². The van der Waals surface area contributed by atoms with Gasteiger partial charge in [-0.15, -0.1) is 0 Å². The van der Waals surface area contributed by atoms with Crippen molar-refractivity contribution in [2.75, 3.05) is 13.2 Å². The van der Waals surface area contributed by atoms with E-state index in [0.717, 1.165) is 44.9 Å². The van der Waals surface area contributed by atoms with Gasteiger partial charge in [-0.2, -0.15) is 0 Å². The molecule has 0 rings (SSSR count). The van der Waals surface area contributed by atoms with Gasteiger partial charge in [-0.05, 0) is 12.8 Å². The predicted octanol–water partition coefficient (Wildman–Crippen LogP) is 2.90. The molecule has 0 amide bonds. The first-order valence-corrected chi connectivity index (χ1v) is 7.65. The summed E-state index contributed by atoms with van der Waals surface area (Å²) in [5.41, 5.74) is 0. The van der Waals surface area contributed by atoms with Gasteiger partial charge in [-0.25, -0.2) is 0 Å². The predicted molar refractivity (Wildman–Crippen MR) is 76.5 cm³/mol. The van der Waals surface area contributed by atoms with Gasteiger partial charge in [-0.3, -0.25) is 9.59 Å². The molecule has 0 aliphatic heterocycles. The van der Waals surface area contributed by atoms with E-state index in [0.29, 0.717) is 6.42 Å². The number of hydrogen-bond acceptors (Lipinski definition) is 4. The van der Waals surface area contributed by atoms with Crippen LogP contribution in [0.25, 0.3) is 0 Å². The molecule has 0 spiro atoms. The Bertz CT molecular complexity index is 253. The van der Waals surface area contributed by atoms with Crippen molar-refractivity contribution in [2.24, 2.45) is 0 Å². The maximum atomic E-state index is 11.1. The lowest BCUT2D eigenvalue weighted by Crippen LogP contribution is -2.07. The highest BCUT2D eigenvalue weighted by Gasteiger charge is 2.01. The molecule has 0 saturated carbocycles. The Morgan fingerprint density at radius 3 is 1.65 bits per heavy atom. The fourth-order valence-corrected chi connectivity index (χ4v) is 2.01. The summed E-state index contributed by atoms with van der Waals surface area (Å²) in [5.74, 6) is -0.931. The summed E-state index contributed by atoms with van der Waals surface area (Å²) in [7, 11) is 0. The maximum Gasteiger partial charge on any atom is 0.305 e. The molecule has 0 saturated heterocycles. The average molecular weight is 288 g/mol. The largest absolute Gasteiger partial charge is 0.481 e. The lowest BCUT2D eigenvalue weighted by atomic mass is 10.1. The minimum atomic E-state index is -0.706. The van der Waals surface area contributed by atoms with Gasteiger partial charge in [0, 0.05) is 12.8 Å². The molecule has 0 radical (unpaired) electrons. The zero-order valence-corrected chi connectivity index (χ0v) is 12.3. The molecule has 0 unspecified atom stereocenters. The van der Waals surface area contributed by atoms with Crippen LogP contribution in [0.3, 0.4) is 0 Å². The lowest BCUT2D eigenvalue weighted by Gasteiger charge is -2.03. The molecule has 0 aliphatic carbocycles. The van der Waals surface area contributed by atoms with Crippen LogP contribution >= 0.6 is 0 Å². The normalized spacial score (nSPS) is 10.4. The van der Waals surface area contributed by atoms with Crippen LogP contribution in [0.2, 0.25) is 0 Å². The third-order valence-electron chi connectivity index (χ3n) is 3.13. The van der Waals surface area contributed by atoms with Crippen LogP contribution in [-0.2, 0) is 14.3 Å². The first-order chi connectivity index (χ1) is 9.66. The molecular formula is C15H28O5. The number of carbonyl (C=O) groups excluding carboxylic acids is 1. The highest BCUT2D eigenvalue weighted by molar-refractivity contribution is 5.69. The third kappa shape index (κ3) is 15.0. The minimum absolute atomic E-state index is 0.0979. The van der Waals surface area contributed by atoms with Crippen molar-refractivity contribution in [1.82, 2.24) is 0 Å². The number of carbonyl (C=O) groups is 2. The van der Waals surface area contributed by atoms with E-state index in [1.54, 1.807) is 0 Å². The number of hydrogen-bond donors (Lipinski definition) is 2. The topological polar surface area (TPSA) is 83.8 Å². The molecule has 20 heavy (non-hydrogen) atoms. The Morgan fingerprint density at radius 1 is 0.750 bits per heavy atom. The second kappa shape index (κ2) is 14.3. The van der Waals surface area contributed by atoms with Gasteiger partial charge in [0.2, 0.25) is 0 Å². The molecule has 0 aromatic carbocycles. The number of aliphatic hydroxyl groups is 1. The van der Waals surface area contributed by atoms with Gasteiger partial charge in [-0.1, -0.05) is 44.9 Å². The Morgan fingerprint density at radius 2 is 1.20 bits per heavy atom. The van der Waals surface area contributed by atoms with Crippen molar-refractivity contribution < 1.29 is 24.5 Å². The van der Waals surface area contributed by atoms with Crippen molar-refractivity contribution in [3.63, 3.8) is 0 Å². The van der Waals surface area contributed by atoms with E-state index in [9.17, 15) is 9.59 Å². The Labute approximate surface area is 121 Å². The third-order valence-corrected chi connectivity index (χ3v) is 3.13. The second-order valence-electron chi connectivity index (χ2n) is 5.02. The summed E-state index contributed by atoms with van der Waals surface area (Å²) in [6, 6.07) is 0. The maximum absolute atomic E-state index is 11.1. The Balaban J connectivity index is 3.09. The van der Waals surface area contributed by atoms with Crippen LogP contribution in [-0.4, -0.2) is 35.4 Å². The molecule has 118 valence electrons. The molecule has 0 bridgehead atoms. The minimum Gasteiger partial charge on any atom is -0.481 e. The zero-order chi connectivity index (χ0) is 15.1. The van der Waals surface area contributed by atoms with E-state index in [-0.39, 0.29) is 25.6 Å². The monoisotopic (exact) mass is 288 g/mol. The number of esters is 1. The summed E-state index contributed by atoms with van der Waals surface area (Å²) in [5, 5.41) is 17.0. The highest BCUT2D eigenvalue weighted by atomic mass is 16.5. The molecule has 0 heterocycles. The quantitative estimate of drug-likeness (QED) is 0.379. The fraction of sp³-hybridized carbons (Fsp3) is 0.867. The van der Waals surface area contributed by atoms with Crippen LogP contribution in [0, 0.1) is 0 Å². The molecule has 0 fully saturated rings. The molecule has 0 aromatic rings. The van der Waals surface area contributed by atoms with Crippen LogP contribution in [0.4, 0.5) is 0 Å². The SMILES string of the molecule is O=C(O)CCCCCCCCCCCC(=O)OCCO. The first-order valence-electron chi connectivity index (χ1n) is 7.65. The summed E-state index contributed by atoms with van der Waals surface area (Å²) in [4.78, 5) is 21.4. The van der Waals surface area contributed by atoms with E-state index < -0.39 is 5.97 Å². The Hall–Kier alpha value is -1.10.